The molecule has 4 nitrogen and oxygen atoms in total. The molecule has 0 aliphatic carbocycles. The van der Waals surface area contributed by atoms with Gasteiger partial charge in [0.2, 0.25) is 6.29 Å². The molecule has 2 atom stereocenters. The molecule has 1 aliphatic rings. The molecule has 76 valence electrons. The molecule has 1 heterocycles. The molecule has 2 unspecified atom stereocenters. The van der Waals surface area contributed by atoms with Crippen LogP contribution in [0.15, 0.2) is 24.3 Å². The van der Waals surface area contributed by atoms with Gasteiger partial charge in [-0.3, -0.25) is 0 Å². The summed E-state index contributed by atoms with van der Waals surface area (Å²) in [6.45, 7) is 0.000815. The Kier molecular flexibility index (Phi) is 2.56. The van der Waals surface area contributed by atoms with Crippen molar-refractivity contribution >= 4 is 0 Å². The van der Waals surface area contributed by atoms with Crippen LogP contribution in [-0.2, 0) is 4.74 Å². The van der Waals surface area contributed by atoms with Crippen molar-refractivity contribution in [2.75, 3.05) is 13.7 Å². The highest BCUT2D eigenvalue weighted by atomic mass is 16.8. The molecule has 0 amide bonds. The fourth-order valence-corrected chi connectivity index (χ4v) is 1.15. The van der Waals surface area contributed by atoms with Crippen LogP contribution in [0, 0.1) is 0 Å². The summed E-state index contributed by atoms with van der Waals surface area (Å²) >= 11 is 0. The molecule has 2 rings (SSSR count). The second kappa shape index (κ2) is 3.86. The Morgan fingerprint density at radius 2 is 1.93 bits per heavy atom. The zero-order valence-electron chi connectivity index (χ0n) is 7.84. The molecule has 1 aliphatic heterocycles. The molecular formula is C10H12O4. The van der Waals surface area contributed by atoms with Gasteiger partial charge in [-0.05, 0) is 24.3 Å². The van der Waals surface area contributed by atoms with E-state index in [0.29, 0.717) is 5.75 Å². The van der Waals surface area contributed by atoms with Crippen LogP contribution in [0.4, 0.5) is 0 Å². The summed E-state index contributed by atoms with van der Waals surface area (Å²) < 4.78 is 15.4. The van der Waals surface area contributed by atoms with Crippen molar-refractivity contribution in [1.29, 1.82) is 0 Å². The number of aliphatic hydroxyl groups is 1. The molecule has 0 spiro atoms. The maximum absolute atomic E-state index is 8.71. The lowest BCUT2D eigenvalue weighted by atomic mass is 10.3. The number of ether oxygens (including phenoxy) is 3. The average molecular weight is 196 g/mol. The van der Waals surface area contributed by atoms with Gasteiger partial charge in [-0.2, -0.15) is 0 Å². The molecule has 0 radical (unpaired) electrons. The minimum Gasteiger partial charge on any atom is -0.497 e. The number of hydrogen-bond acceptors (Lipinski definition) is 4. The van der Waals surface area contributed by atoms with Crippen molar-refractivity contribution < 1.29 is 19.3 Å². The van der Waals surface area contributed by atoms with E-state index in [-0.39, 0.29) is 19.0 Å². The molecule has 0 aromatic heterocycles. The van der Waals surface area contributed by atoms with Gasteiger partial charge in [0, 0.05) is 0 Å². The fourth-order valence-electron chi connectivity index (χ4n) is 1.15. The molecule has 14 heavy (non-hydrogen) atoms. The highest BCUT2D eigenvalue weighted by Crippen LogP contribution is 2.26. The number of aliphatic hydroxyl groups excluding tert-OH is 1. The number of rotatable bonds is 4. The second-order valence-corrected chi connectivity index (χ2v) is 3.02. The Morgan fingerprint density at radius 3 is 2.43 bits per heavy atom. The molecule has 1 aromatic rings. The summed E-state index contributed by atoms with van der Waals surface area (Å²) in [5, 5.41) is 8.71. The van der Waals surface area contributed by atoms with E-state index >= 15 is 0 Å². The van der Waals surface area contributed by atoms with Crippen LogP contribution in [0.3, 0.4) is 0 Å². The zero-order valence-corrected chi connectivity index (χ0v) is 7.84. The van der Waals surface area contributed by atoms with Crippen molar-refractivity contribution in [3.8, 4) is 11.5 Å². The fraction of sp³-hybridized carbons (Fsp3) is 0.400. The van der Waals surface area contributed by atoms with Crippen LogP contribution in [0.2, 0.25) is 0 Å². The first-order valence-electron chi connectivity index (χ1n) is 4.40. The average Bonchev–Trinajstić information content (AvgIpc) is 2.98. The normalized spacial score (nSPS) is 24.4. The molecule has 1 fully saturated rings. The van der Waals surface area contributed by atoms with Crippen molar-refractivity contribution in [2.45, 2.75) is 12.4 Å². The third-order valence-corrected chi connectivity index (χ3v) is 2.03. The van der Waals surface area contributed by atoms with Crippen molar-refractivity contribution in [3.05, 3.63) is 24.3 Å². The maximum Gasteiger partial charge on any atom is 0.229 e. The van der Waals surface area contributed by atoms with Crippen LogP contribution < -0.4 is 9.47 Å². The minimum atomic E-state index is -0.298. The zero-order chi connectivity index (χ0) is 9.97. The molecule has 4 heteroatoms. The molecule has 0 bridgehead atoms. The molecule has 1 aromatic carbocycles. The predicted octanol–water partition coefficient (Wildman–Crippen LogP) is 0.791. The highest BCUT2D eigenvalue weighted by molar-refractivity contribution is 5.31. The standard InChI is InChI=1S/C10H12O4/c1-12-7-2-4-8(5-3-7)13-10-9(6-11)14-10/h2-5,9-11H,6H2,1H3. The Bertz CT molecular complexity index is 295. The van der Waals surface area contributed by atoms with E-state index in [4.69, 9.17) is 19.3 Å². The number of hydrogen-bond donors (Lipinski definition) is 1. The summed E-state index contributed by atoms with van der Waals surface area (Å²) in [4.78, 5) is 0. The monoisotopic (exact) mass is 196 g/mol. The van der Waals surface area contributed by atoms with Gasteiger partial charge in [-0.1, -0.05) is 0 Å². The maximum atomic E-state index is 8.71. The van der Waals surface area contributed by atoms with E-state index in [2.05, 4.69) is 0 Å². The van der Waals surface area contributed by atoms with E-state index in [9.17, 15) is 0 Å². The number of benzene rings is 1. The SMILES string of the molecule is COc1ccc(OC2OC2CO)cc1. The lowest BCUT2D eigenvalue weighted by Gasteiger charge is -2.03. The minimum absolute atomic E-state index is 0.000815. The van der Waals surface area contributed by atoms with E-state index in [1.807, 2.05) is 12.1 Å². The Balaban J connectivity index is 1.91. The smallest absolute Gasteiger partial charge is 0.229 e. The largest absolute Gasteiger partial charge is 0.497 e. The van der Waals surface area contributed by atoms with Crippen molar-refractivity contribution in [1.82, 2.24) is 0 Å². The molecular weight excluding hydrogens is 184 g/mol. The number of methoxy groups -OCH3 is 1. The first-order valence-corrected chi connectivity index (χ1v) is 4.40. The lowest BCUT2D eigenvalue weighted by Crippen LogP contribution is -2.06. The lowest BCUT2D eigenvalue weighted by molar-refractivity contribution is 0.176. The summed E-state index contributed by atoms with van der Waals surface area (Å²) in [5.74, 6) is 1.50. The Morgan fingerprint density at radius 1 is 1.29 bits per heavy atom. The quantitative estimate of drug-likeness (QED) is 0.723. The molecule has 1 N–H and O–H groups in total. The van der Waals surface area contributed by atoms with Crippen LogP contribution >= 0.6 is 0 Å². The van der Waals surface area contributed by atoms with Gasteiger partial charge in [0.25, 0.3) is 0 Å². The van der Waals surface area contributed by atoms with Gasteiger partial charge in [0.05, 0.1) is 13.7 Å². The van der Waals surface area contributed by atoms with Gasteiger partial charge in [0.15, 0.2) is 0 Å². The Hall–Kier alpha value is -1.26. The molecule has 0 saturated carbocycles. The van der Waals surface area contributed by atoms with Gasteiger partial charge in [-0.15, -0.1) is 0 Å². The van der Waals surface area contributed by atoms with Gasteiger partial charge < -0.3 is 19.3 Å². The first kappa shape index (κ1) is 9.30. The summed E-state index contributed by atoms with van der Waals surface area (Å²) in [7, 11) is 1.61. The first-order chi connectivity index (χ1) is 6.83. The van der Waals surface area contributed by atoms with Crippen LogP contribution in [0.25, 0.3) is 0 Å². The van der Waals surface area contributed by atoms with Gasteiger partial charge in [0.1, 0.15) is 17.6 Å². The summed E-state index contributed by atoms with van der Waals surface area (Å²) in [6.07, 6.45) is -0.467. The van der Waals surface area contributed by atoms with Crippen molar-refractivity contribution in [2.24, 2.45) is 0 Å². The van der Waals surface area contributed by atoms with E-state index < -0.39 is 0 Å². The third-order valence-electron chi connectivity index (χ3n) is 2.03. The van der Waals surface area contributed by atoms with E-state index in [0.717, 1.165) is 5.75 Å². The van der Waals surface area contributed by atoms with Gasteiger partial charge >= 0.3 is 0 Å². The molecule has 1 saturated heterocycles. The second-order valence-electron chi connectivity index (χ2n) is 3.02. The van der Waals surface area contributed by atoms with E-state index in [1.54, 1.807) is 19.2 Å². The topological polar surface area (TPSA) is 51.2 Å². The van der Waals surface area contributed by atoms with Gasteiger partial charge in [-0.25, -0.2) is 0 Å². The number of epoxide rings is 1. The predicted molar refractivity (Wildman–Crippen MR) is 49.4 cm³/mol. The Labute approximate surface area is 82.0 Å². The summed E-state index contributed by atoms with van der Waals surface area (Å²) in [5.41, 5.74) is 0. The van der Waals surface area contributed by atoms with Crippen LogP contribution in [0.5, 0.6) is 11.5 Å². The van der Waals surface area contributed by atoms with E-state index in [1.165, 1.54) is 0 Å². The summed E-state index contributed by atoms with van der Waals surface area (Å²) in [6, 6.07) is 7.22. The van der Waals surface area contributed by atoms with Crippen molar-refractivity contribution in [3.63, 3.8) is 0 Å². The third kappa shape index (κ3) is 1.97. The van der Waals surface area contributed by atoms with Crippen LogP contribution in [-0.4, -0.2) is 31.2 Å². The van der Waals surface area contributed by atoms with Crippen LogP contribution in [0.1, 0.15) is 0 Å². The highest BCUT2D eigenvalue weighted by Gasteiger charge is 2.40.